The second-order valence-corrected chi connectivity index (χ2v) is 13.2. The van der Waals surface area contributed by atoms with Crippen LogP contribution < -0.4 is 0 Å². The highest BCUT2D eigenvalue weighted by molar-refractivity contribution is 7.93. The van der Waals surface area contributed by atoms with E-state index in [0.717, 1.165) is 24.3 Å². The van der Waals surface area contributed by atoms with E-state index < -0.39 is 58.4 Å². The lowest BCUT2D eigenvalue weighted by atomic mass is 9.82. The molecule has 2 aromatic carbocycles. The predicted molar refractivity (Wildman–Crippen MR) is 139 cm³/mol. The van der Waals surface area contributed by atoms with Gasteiger partial charge in [-0.1, -0.05) is 60.7 Å². The number of carboxylic acids is 2. The van der Waals surface area contributed by atoms with Crippen LogP contribution in [0.2, 0.25) is 0 Å². The highest BCUT2D eigenvalue weighted by atomic mass is 32.2. The third-order valence-electron chi connectivity index (χ3n) is 7.00. The van der Waals surface area contributed by atoms with Crippen LogP contribution in [0.5, 0.6) is 0 Å². The van der Waals surface area contributed by atoms with Crippen molar-refractivity contribution in [3.63, 3.8) is 0 Å². The van der Waals surface area contributed by atoms with E-state index in [-0.39, 0.29) is 52.6 Å². The Balaban J connectivity index is 2.15. The van der Waals surface area contributed by atoms with Gasteiger partial charge in [-0.2, -0.15) is 8.61 Å². The Bertz CT molecular complexity index is 1360. The smallest absolute Gasteiger partial charge is 0.339 e. The highest BCUT2D eigenvalue weighted by Gasteiger charge is 2.73. The van der Waals surface area contributed by atoms with Crippen molar-refractivity contribution in [2.24, 2.45) is 0 Å². The molecule has 2 aliphatic heterocycles. The fourth-order valence-electron chi connectivity index (χ4n) is 5.01. The maximum absolute atomic E-state index is 14.9. The van der Waals surface area contributed by atoms with Crippen molar-refractivity contribution < 1.29 is 50.9 Å². The zero-order valence-corrected chi connectivity index (χ0v) is 22.8. The number of hydrogen-bond acceptors (Lipinski definition) is 9. The Morgan fingerprint density at radius 1 is 0.600 bits per heavy atom. The van der Waals surface area contributed by atoms with Crippen molar-refractivity contribution >= 4 is 37.8 Å². The quantitative estimate of drug-likeness (QED) is 0.347. The Kier molecular flexibility index (Phi) is 8.44. The van der Waals surface area contributed by atoms with Crippen LogP contribution in [-0.2, 0) is 53.4 Å². The van der Waals surface area contributed by atoms with Gasteiger partial charge in [0.15, 0.2) is 0 Å². The number of rotatable bonds is 10. The van der Waals surface area contributed by atoms with Gasteiger partial charge in [0.2, 0.25) is 25.8 Å². The van der Waals surface area contributed by atoms with Gasteiger partial charge in [-0.05, 0) is 11.1 Å². The molecule has 2 unspecified atom stereocenters. The van der Waals surface area contributed by atoms with Crippen LogP contribution in [0.1, 0.15) is 11.1 Å². The first kappa shape index (κ1) is 29.8. The summed E-state index contributed by atoms with van der Waals surface area (Å²) >= 11 is 0. The van der Waals surface area contributed by atoms with E-state index in [4.69, 9.17) is 9.47 Å². The molecule has 0 radical (unpaired) electrons. The van der Waals surface area contributed by atoms with Crippen LogP contribution in [0.25, 0.3) is 0 Å². The normalized spacial score (nSPS) is 20.6. The van der Waals surface area contributed by atoms with Gasteiger partial charge >= 0.3 is 11.9 Å². The number of ketones is 1. The minimum atomic E-state index is -5.32. The maximum atomic E-state index is 14.9. The van der Waals surface area contributed by atoms with Crippen molar-refractivity contribution in [2.75, 3.05) is 52.6 Å². The number of sulfonamides is 2. The van der Waals surface area contributed by atoms with E-state index in [2.05, 4.69) is 0 Å². The van der Waals surface area contributed by atoms with Crippen molar-refractivity contribution in [2.45, 2.75) is 9.49 Å². The summed E-state index contributed by atoms with van der Waals surface area (Å²) in [7, 11) is -10.6. The molecule has 4 rings (SSSR count). The van der Waals surface area contributed by atoms with E-state index in [1.807, 2.05) is 0 Å². The number of carboxylic acid groups (broad SMARTS) is 2. The molecule has 0 bridgehead atoms. The Hall–Kier alpha value is -3.21. The Labute approximate surface area is 231 Å². The van der Waals surface area contributed by atoms with Gasteiger partial charge in [-0.15, -0.1) is 0 Å². The summed E-state index contributed by atoms with van der Waals surface area (Å²) in [6.45, 7) is -1.81. The summed E-state index contributed by atoms with van der Waals surface area (Å²) in [4.78, 5) is 41.5. The molecule has 0 amide bonds. The van der Waals surface area contributed by atoms with Crippen LogP contribution in [0.4, 0.5) is 0 Å². The van der Waals surface area contributed by atoms with Crippen LogP contribution >= 0.6 is 0 Å². The number of carbonyl (C=O) groups is 3. The molecule has 2 atom stereocenters. The zero-order chi connectivity index (χ0) is 29.2. The van der Waals surface area contributed by atoms with Crippen LogP contribution in [0, 0.1) is 0 Å². The summed E-state index contributed by atoms with van der Waals surface area (Å²) in [6, 6.07) is 12.2. The van der Waals surface area contributed by atoms with Crippen LogP contribution in [0.15, 0.2) is 60.7 Å². The number of Topliss-reactive ketones (excluding diaryl/α,β-unsaturated/α-hetero) is 1. The van der Waals surface area contributed by atoms with Gasteiger partial charge < -0.3 is 19.7 Å². The number of hydrogen-bond donors (Lipinski definition) is 2. The van der Waals surface area contributed by atoms with E-state index >= 15 is 0 Å². The second kappa shape index (κ2) is 11.3. The maximum Gasteiger partial charge on any atom is 0.339 e. The van der Waals surface area contributed by atoms with Gasteiger partial charge in [0.25, 0.3) is 9.49 Å². The van der Waals surface area contributed by atoms with Gasteiger partial charge in [0.1, 0.15) is 0 Å². The molecule has 0 aromatic heterocycles. The van der Waals surface area contributed by atoms with Crippen molar-refractivity contribution in [3.05, 3.63) is 71.8 Å². The van der Waals surface area contributed by atoms with E-state index in [0.29, 0.717) is 8.61 Å². The molecule has 2 saturated heterocycles. The summed E-state index contributed by atoms with van der Waals surface area (Å²) in [6.07, 6.45) is 0. The molecule has 0 saturated carbocycles. The number of benzene rings is 2. The first-order chi connectivity index (χ1) is 19.0. The lowest BCUT2D eigenvalue weighted by Crippen LogP contribution is -2.68. The molecular formula is C25H28N2O11S2. The number of carbonyl (C=O) groups excluding carboxylic acids is 1. The minimum absolute atomic E-state index is 0.118. The Morgan fingerprint density at radius 2 is 0.900 bits per heavy atom. The molecule has 15 heteroatoms. The topological polar surface area (TPSA) is 185 Å². The molecule has 216 valence electrons. The third kappa shape index (κ3) is 4.42. The second-order valence-electron chi connectivity index (χ2n) is 9.07. The molecule has 2 fully saturated rings. The first-order valence-electron chi connectivity index (χ1n) is 12.2. The summed E-state index contributed by atoms with van der Waals surface area (Å²) in [5, 5.41) is 21.4. The van der Waals surface area contributed by atoms with Crippen molar-refractivity contribution in [3.8, 4) is 0 Å². The fraction of sp³-hybridized carbons (Fsp3) is 0.400. The van der Waals surface area contributed by atoms with Crippen LogP contribution in [-0.4, -0.2) is 106 Å². The molecule has 2 N–H and O–H groups in total. The molecule has 40 heavy (non-hydrogen) atoms. The van der Waals surface area contributed by atoms with Gasteiger partial charge in [-0.25, -0.2) is 26.4 Å². The van der Waals surface area contributed by atoms with Gasteiger partial charge in [-0.3, -0.25) is 4.79 Å². The monoisotopic (exact) mass is 596 g/mol. The van der Waals surface area contributed by atoms with Gasteiger partial charge in [0.05, 0.1) is 26.4 Å². The first-order valence-corrected chi connectivity index (χ1v) is 15.1. The number of aliphatic carboxylic acids is 2. The fourth-order valence-corrected chi connectivity index (χ4v) is 9.19. The predicted octanol–water partition coefficient (Wildman–Crippen LogP) is -0.160. The summed E-state index contributed by atoms with van der Waals surface area (Å²) in [5.41, 5.74) is -1.23. The SMILES string of the molecule is O=C(O)C(C(=O)C(C(=O)O)(c1ccccc1)S(=O)(=O)N1CCOCC1)(c1ccccc1)S(=O)(=O)N1CCOCC1. The molecule has 2 aliphatic rings. The van der Waals surface area contributed by atoms with E-state index in [1.54, 1.807) is 0 Å². The summed E-state index contributed by atoms with van der Waals surface area (Å²) < 4.78 is 61.9. The largest absolute Gasteiger partial charge is 0.479 e. The molecule has 2 heterocycles. The molecule has 0 aliphatic carbocycles. The average Bonchev–Trinajstić information content (AvgIpc) is 2.95. The lowest BCUT2D eigenvalue weighted by molar-refractivity contribution is -0.150. The third-order valence-corrected chi connectivity index (χ3v) is 11.8. The molecule has 2 aromatic rings. The Morgan fingerprint density at radius 3 is 1.18 bits per heavy atom. The van der Waals surface area contributed by atoms with Crippen LogP contribution in [0.3, 0.4) is 0 Å². The number of nitrogens with zero attached hydrogens (tertiary/aromatic N) is 2. The van der Waals surface area contributed by atoms with E-state index in [1.165, 1.54) is 36.4 Å². The van der Waals surface area contributed by atoms with Gasteiger partial charge in [0, 0.05) is 26.2 Å². The highest BCUT2D eigenvalue weighted by Crippen LogP contribution is 2.46. The molecular weight excluding hydrogens is 568 g/mol. The van der Waals surface area contributed by atoms with Crippen molar-refractivity contribution in [1.82, 2.24) is 8.61 Å². The van der Waals surface area contributed by atoms with Crippen molar-refractivity contribution in [1.29, 1.82) is 0 Å². The zero-order valence-electron chi connectivity index (χ0n) is 21.2. The standard InChI is InChI=1S/C25H28N2O11S2/c28-21(24(22(29)30,19-7-3-1-4-8-19)39(33,34)26-11-15-37-16-12-26)25(23(31)32,20-9-5-2-6-10-20)40(35,36)27-13-17-38-18-14-27/h1-10H,11-18H2,(H,29,30)(H,31,32). The van der Waals surface area contributed by atoms with E-state index in [9.17, 15) is 41.4 Å². The minimum Gasteiger partial charge on any atom is -0.479 e. The number of morpholine rings is 2. The average molecular weight is 597 g/mol. The molecule has 0 spiro atoms. The summed E-state index contributed by atoms with van der Waals surface area (Å²) in [5.74, 6) is -6.54. The molecule has 13 nitrogen and oxygen atoms in total. The number of ether oxygens (including phenoxy) is 2. The lowest BCUT2D eigenvalue weighted by Gasteiger charge is -2.41.